The first-order valence-electron chi connectivity index (χ1n) is 4.70. The smallest absolute Gasteiger partial charge is 0.265 e. The predicted octanol–water partition coefficient (Wildman–Crippen LogP) is 2.97. The van der Waals surface area contributed by atoms with E-state index in [2.05, 4.69) is 41.8 Å². The van der Waals surface area contributed by atoms with Crippen molar-refractivity contribution in [1.29, 1.82) is 0 Å². The number of hydrogen-bond donors (Lipinski definition) is 1. The lowest BCUT2D eigenvalue weighted by Gasteiger charge is -2.08. The number of methoxy groups -OCH3 is 1. The van der Waals surface area contributed by atoms with Crippen LogP contribution in [-0.2, 0) is 0 Å². The van der Waals surface area contributed by atoms with Crippen molar-refractivity contribution in [2.75, 3.05) is 7.11 Å². The number of rotatable bonds is 2. The topological polar surface area (TPSA) is 55.0 Å². The molecule has 0 atom stereocenters. The van der Waals surface area contributed by atoms with Crippen LogP contribution in [0.3, 0.4) is 0 Å². The molecule has 1 heterocycles. The molecule has 0 aliphatic rings. The number of aromatic amines is 1. The summed E-state index contributed by atoms with van der Waals surface area (Å²) < 4.78 is 6.52. The van der Waals surface area contributed by atoms with Crippen LogP contribution in [0.4, 0.5) is 0 Å². The lowest BCUT2D eigenvalue weighted by atomic mass is 10.2. The quantitative estimate of drug-likeness (QED) is 0.896. The van der Waals surface area contributed by atoms with Crippen molar-refractivity contribution in [3.05, 3.63) is 43.7 Å². The van der Waals surface area contributed by atoms with E-state index in [1.54, 1.807) is 7.11 Å². The highest BCUT2D eigenvalue weighted by Gasteiger charge is 2.09. The molecule has 0 aliphatic heterocycles. The van der Waals surface area contributed by atoms with Gasteiger partial charge in [-0.1, -0.05) is 15.9 Å². The number of halogens is 2. The van der Waals surface area contributed by atoms with Crippen molar-refractivity contribution in [3.63, 3.8) is 0 Å². The molecule has 88 valence electrons. The second-order valence-electron chi connectivity index (χ2n) is 3.25. The Labute approximate surface area is 114 Å². The molecule has 4 nitrogen and oxygen atoms in total. The van der Waals surface area contributed by atoms with E-state index in [0.717, 1.165) is 10.0 Å². The number of nitrogens with zero attached hydrogens (tertiary/aromatic N) is 1. The van der Waals surface area contributed by atoms with Crippen LogP contribution in [0.15, 0.2) is 38.1 Å². The Morgan fingerprint density at radius 3 is 2.76 bits per heavy atom. The van der Waals surface area contributed by atoms with Gasteiger partial charge < -0.3 is 9.72 Å². The summed E-state index contributed by atoms with van der Waals surface area (Å²) in [6.07, 6.45) is 1.47. The number of hydrogen-bond acceptors (Lipinski definition) is 3. The largest absolute Gasteiger partial charge is 0.496 e. The number of aromatic nitrogens is 2. The van der Waals surface area contributed by atoms with Gasteiger partial charge in [-0.3, -0.25) is 4.79 Å². The first kappa shape index (κ1) is 12.3. The molecule has 1 N–H and O–H groups in total. The van der Waals surface area contributed by atoms with Crippen molar-refractivity contribution in [1.82, 2.24) is 9.97 Å². The molecule has 0 aliphatic carbocycles. The molecule has 0 fully saturated rings. The Morgan fingerprint density at radius 2 is 2.12 bits per heavy atom. The van der Waals surface area contributed by atoms with Crippen LogP contribution in [0, 0.1) is 0 Å². The van der Waals surface area contributed by atoms with Crippen LogP contribution in [0.25, 0.3) is 11.4 Å². The number of benzene rings is 1. The third-order valence-electron chi connectivity index (χ3n) is 2.17. The lowest BCUT2D eigenvalue weighted by molar-refractivity contribution is 0.416. The molecule has 0 saturated carbocycles. The second kappa shape index (κ2) is 5.01. The third-order valence-corrected chi connectivity index (χ3v) is 3.23. The fourth-order valence-corrected chi connectivity index (χ4v) is 1.94. The van der Waals surface area contributed by atoms with E-state index >= 15 is 0 Å². The van der Waals surface area contributed by atoms with Gasteiger partial charge in [-0.15, -0.1) is 0 Å². The van der Waals surface area contributed by atoms with Crippen LogP contribution in [-0.4, -0.2) is 17.1 Å². The van der Waals surface area contributed by atoms with Gasteiger partial charge in [0.25, 0.3) is 5.56 Å². The van der Waals surface area contributed by atoms with E-state index in [1.165, 1.54) is 6.20 Å². The van der Waals surface area contributed by atoms with E-state index in [9.17, 15) is 4.79 Å². The zero-order chi connectivity index (χ0) is 12.4. The van der Waals surface area contributed by atoms with Crippen LogP contribution >= 0.6 is 31.9 Å². The summed E-state index contributed by atoms with van der Waals surface area (Å²) >= 11 is 6.48. The van der Waals surface area contributed by atoms with Crippen LogP contribution in [0.5, 0.6) is 5.75 Å². The molecule has 6 heteroatoms. The summed E-state index contributed by atoms with van der Waals surface area (Å²) in [5, 5.41) is 0. The minimum Gasteiger partial charge on any atom is -0.496 e. The van der Waals surface area contributed by atoms with E-state index < -0.39 is 0 Å². The van der Waals surface area contributed by atoms with Crippen molar-refractivity contribution < 1.29 is 4.74 Å². The predicted molar refractivity (Wildman–Crippen MR) is 72.2 cm³/mol. The highest BCUT2D eigenvalue weighted by Crippen LogP contribution is 2.29. The number of nitrogens with one attached hydrogen (secondary N) is 1. The fourth-order valence-electron chi connectivity index (χ4n) is 1.38. The average molecular weight is 360 g/mol. The minimum atomic E-state index is -0.225. The Kier molecular flexibility index (Phi) is 3.63. The molecule has 2 rings (SSSR count). The fraction of sp³-hybridized carbons (Fsp3) is 0.0909. The normalized spacial score (nSPS) is 10.3. The molecule has 17 heavy (non-hydrogen) atoms. The van der Waals surface area contributed by atoms with E-state index in [-0.39, 0.29) is 5.56 Å². The second-order valence-corrected chi connectivity index (χ2v) is 5.02. The van der Waals surface area contributed by atoms with Gasteiger partial charge in [-0.2, -0.15) is 0 Å². The Morgan fingerprint density at radius 1 is 1.35 bits per heavy atom. The maximum Gasteiger partial charge on any atom is 0.265 e. The maximum atomic E-state index is 11.5. The molecule has 0 radical (unpaired) electrons. The van der Waals surface area contributed by atoms with Crippen molar-refractivity contribution in [2.45, 2.75) is 0 Å². The SMILES string of the molecule is COc1ccc(Br)cc1-c1ncc(Br)c(=O)[nH]1. The summed E-state index contributed by atoms with van der Waals surface area (Å²) in [6, 6.07) is 5.51. The highest BCUT2D eigenvalue weighted by atomic mass is 79.9. The highest BCUT2D eigenvalue weighted by molar-refractivity contribution is 9.10. The third kappa shape index (κ3) is 2.58. The van der Waals surface area contributed by atoms with E-state index in [4.69, 9.17) is 4.74 Å². The molecule has 1 aromatic heterocycles. The van der Waals surface area contributed by atoms with Crippen LogP contribution in [0.2, 0.25) is 0 Å². The Bertz CT molecular complexity index is 611. The van der Waals surface area contributed by atoms with Crippen molar-refractivity contribution in [3.8, 4) is 17.1 Å². The zero-order valence-corrected chi connectivity index (χ0v) is 12.0. The minimum absolute atomic E-state index is 0.225. The summed E-state index contributed by atoms with van der Waals surface area (Å²) in [5.41, 5.74) is 0.503. The number of ether oxygens (including phenoxy) is 1. The van der Waals surface area contributed by atoms with E-state index in [1.807, 2.05) is 18.2 Å². The Balaban J connectivity index is 2.62. The van der Waals surface area contributed by atoms with Gasteiger partial charge in [0.15, 0.2) is 0 Å². The van der Waals surface area contributed by atoms with Gasteiger partial charge in [-0.25, -0.2) is 4.98 Å². The standard InChI is InChI=1S/C11H8Br2N2O2/c1-17-9-3-2-6(12)4-7(9)10-14-5-8(13)11(16)15-10/h2-5H,1H3,(H,14,15,16). The average Bonchev–Trinajstić information content (AvgIpc) is 2.32. The molecular weight excluding hydrogens is 352 g/mol. The van der Waals surface area contributed by atoms with Gasteiger partial charge in [0.2, 0.25) is 0 Å². The molecule has 0 bridgehead atoms. The van der Waals surface area contributed by atoms with Gasteiger partial charge in [0.1, 0.15) is 16.0 Å². The van der Waals surface area contributed by atoms with Gasteiger partial charge in [-0.05, 0) is 34.1 Å². The molecular formula is C11H8Br2N2O2. The van der Waals surface area contributed by atoms with Crippen LogP contribution < -0.4 is 10.3 Å². The van der Waals surface area contributed by atoms with Gasteiger partial charge in [0.05, 0.1) is 12.7 Å². The summed E-state index contributed by atoms with van der Waals surface area (Å²) in [4.78, 5) is 18.3. The molecule has 1 aromatic carbocycles. The lowest BCUT2D eigenvalue weighted by Crippen LogP contribution is -2.09. The molecule has 0 saturated heterocycles. The van der Waals surface area contributed by atoms with Crippen molar-refractivity contribution >= 4 is 31.9 Å². The first-order valence-corrected chi connectivity index (χ1v) is 6.29. The van der Waals surface area contributed by atoms with Crippen LogP contribution in [0.1, 0.15) is 0 Å². The zero-order valence-electron chi connectivity index (χ0n) is 8.83. The van der Waals surface area contributed by atoms with Crippen molar-refractivity contribution in [2.24, 2.45) is 0 Å². The van der Waals surface area contributed by atoms with Gasteiger partial charge in [0, 0.05) is 10.7 Å². The van der Waals surface area contributed by atoms with E-state index in [0.29, 0.717) is 16.0 Å². The molecule has 0 unspecified atom stereocenters. The molecule has 2 aromatic rings. The Hall–Kier alpha value is -1.14. The van der Waals surface area contributed by atoms with Gasteiger partial charge >= 0.3 is 0 Å². The molecule has 0 spiro atoms. The summed E-state index contributed by atoms with van der Waals surface area (Å²) in [6.45, 7) is 0. The maximum absolute atomic E-state index is 11.5. The first-order chi connectivity index (χ1) is 8.11. The summed E-state index contributed by atoms with van der Waals surface area (Å²) in [7, 11) is 1.57. The summed E-state index contributed by atoms with van der Waals surface area (Å²) in [5.74, 6) is 1.12. The monoisotopic (exact) mass is 358 g/mol. The molecule has 0 amide bonds. The number of H-pyrrole nitrogens is 1.